The SMILES string of the molecule is CC(COc1cccc(N2N=C3c4cc(F)ccc4CCC3CC2=O)c1)N(C)C. The first-order chi connectivity index (χ1) is 13.9. The van der Waals surface area contributed by atoms with E-state index < -0.39 is 0 Å². The second kappa shape index (κ2) is 7.95. The molecular formula is C23H26FN3O2. The molecule has 0 saturated heterocycles. The highest BCUT2D eigenvalue weighted by molar-refractivity contribution is 6.11. The Bertz CT molecular complexity index is 957. The van der Waals surface area contributed by atoms with E-state index in [-0.39, 0.29) is 23.7 Å². The van der Waals surface area contributed by atoms with Crippen LogP contribution in [0.3, 0.4) is 0 Å². The van der Waals surface area contributed by atoms with Gasteiger partial charge in [0.15, 0.2) is 0 Å². The molecule has 4 rings (SSSR count). The van der Waals surface area contributed by atoms with Gasteiger partial charge >= 0.3 is 0 Å². The molecule has 6 heteroatoms. The van der Waals surface area contributed by atoms with E-state index in [4.69, 9.17) is 4.74 Å². The van der Waals surface area contributed by atoms with Gasteiger partial charge in [0, 0.05) is 30.0 Å². The number of halogens is 1. The number of anilines is 1. The van der Waals surface area contributed by atoms with Gasteiger partial charge in [0.2, 0.25) is 5.91 Å². The van der Waals surface area contributed by atoms with E-state index in [9.17, 15) is 9.18 Å². The molecule has 1 amide bonds. The van der Waals surface area contributed by atoms with Gasteiger partial charge < -0.3 is 9.64 Å². The van der Waals surface area contributed by atoms with Crippen molar-refractivity contribution in [3.05, 3.63) is 59.4 Å². The molecule has 0 radical (unpaired) electrons. The third kappa shape index (κ3) is 4.03. The molecule has 1 aliphatic heterocycles. The standard InChI is InChI=1S/C23H26FN3O2/c1-15(26(2)3)14-29-20-6-4-5-19(13-20)27-22(28)11-17-8-7-16-9-10-18(24)12-21(16)23(17)25-27/h4-6,9-10,12-13,15,17H,7-8,11,14H2,1-3H3. The molecule has 0 fully saturated rings. The maximum atomic E-state index is 13.9. The summed E-state index contributed by atoms with van der Waals surface area (Å²) < 4.78 is 19.8. The monoisotopic (exact) mass is 395 g/mol. The lowest BCUT2D eigenvalue weighted by Crippen LogP contribution is -2.39. The Hall–Kier alpha value is -2.73. The van der Waals surface area contributed by atoms with Gasteiger partial charge in [-0.15, -0.1) is 0 Å². The second-order valence-corrected chi connectivity index (χ2v) is 8.05. The number of fused-ring (bicyclic) bond motifs is 3. The Kier molecular flexibility index (Phi) is 5.37. The summed E-state index contributed by atoms with van der Waals surface area (Å²) in [7, 11) is 4.02. The fourth-order valence-electron chi connectivity index (χ4n) is 3.76. The van der Waals surface area contributed by atoms with Crippen molar-refractivity contribution in [2.45, 2.75) is 32.2 Å². The molecule has 1 heterocycles. The normalized spacial score (nSPS) is 19.5. The minimum absolute atomic E-state index is 0.0441. The van der Waals surface area contributed by atoms with Crippen LogP contribution in [0, 0.1) is 11.7 Å². The minimum Gasteiger partial charge on any atom is -0.492 e. The van der Waals surface area contributed by atoms with E-state index in [0.717, 1.165) is 29.7 Å². The number of nitrogens with zero attached hydrogens (tertiary/aromatic N) is 3. The summed E-state index contributed by atoms with van der Waals surface area (Å²) in [6, 6.07) is 12.5. The Morgan fingerprint density at radius 2 is 2.10 bits per heavy atom. The fraction of sp³-hybridized carbons (Fsp3) is 0.391. The van der Waals surface area contributed by atoms with E-state index in [0.29, 0.717) is 24.5 Å². The van der Waals surface area contributed by atoms with Crippen molar-refractivity contribution in [3.63, 3.8) is 0 Å². The number of hydrazone groups is 1. The van der Waals surface area contributed by atoms with Gasteiger partial charge in [-0.25, -0.2) is 9.40 Å². The molecule has 152 valence electrons. The first-order valence-corrected chi connectivity index (χ1v) is 10.0. The third-order valence-electron chi connectivity index (χ3n) is 5.80. The number of ether oxygens (including phenoxy) is 1. The van der Waals surface area contributed by atoms with Crippen LogP contribution in [-0.2, 0) is 11.2 Å². The molecule has 2 unspecified atom stereocenters. The zero-order chi connectivity index (χ0) is 20.5. The Morgan fingerprint density at radius 1 is 1.28 bits per heavy atom. The van der Waals surface area contributed by atoms with Crippen LogP contribution in [0.25, 0.3) is 0 Å². The number of hydrogen-bond donors (Lipinski definition) is 0. The highest BCUT2D eigenvalue weighted by atomic mass is 19.1. The average Bonchev–Trinajstić information content (AvgIpc) is 2.71. The minimum atomic E-state index is -0.277. The number of carbonyl (C=O) groups is 1. The molecule has 2 aromatic carbocycles. The van der Waals surface area contributed by atoms with Crippen LogP contribution in [-0.4, -0.2) is 43.3 Å². The lowest BCUT2D eigenvalue weighted by molar-refractivity contribution is -0.119. The first kappa shape index (κ1) is 19.6. The summed E-state index contributed by atoms with van der Waals surface area (Å²) in [5.74, 6) is 0.424. The molecule has 0 N–H and O–H groups in total. The van der Waals surface area contributed by atoms with Crippen LogP contribution >= 0.6 is 0 Å². The second-order valence-electron chi connectivity index (χ2n) is 8.05. The molecule has 1 aliphatic carbocycles. The molecule has 0 saturated carbocycles. The van der Waals surface area contributed by atoms with Crippen LogP contribution in [0.2, 0.25) is 0 Å². The van der Waals surface area contributed by atoms with Gasteiger partial charge in [-0.2, -0.15) is 5.10 Å². The van der Waals surface area contributed by atoms with E-state index in [2.05, 4.69) is 16.9 Å². The van der Waals surface area contributed by atoms with Crippen molar-refractivity contribution in [2.24, 2.45) is 11.0 Å². The number of aryl methyl sites for hydroxylation is 1. The predicted molar refractivity (Wildman–Crippen MR) is 112 cm³/mol. The number of rotatable bonds is 5. The van der Waals surface area contributed by atoms with E-state index >= 15 is 0 Å². The van der Waals surface area contributed by atoms with Crippen molar-refractivity contribution >= 4 is 17.3 Å². The van der Waals surface area contributed by atoms with Crippen LogP contribution in [0.15, 0.2) is 47.6 Å². The number of hydrogen-bond acceptors (Lipinski definition) is 4. The predicted octanol–water partition coefficient (Wildman–Crippen LogP) is 3.86. The zero-order valence-electron chi connectivity index (χ0n) is 17.1. The van der Waals surface area contributed by atoms with E-state index in [1.807, 2.05) is 44.4 Å². The average molecular weight is 395 g/mol. The molecule has 0 bridgehead atoms. The Morgan fingerprint density at radius 3 is 2.90 bits per heavy atom. The molecule has 2 atom stereocenters. The summed E-state index contributed by atoms with van der Waals surface area (Å²) in [5, 5.41) is 6.11. The molecule has 2 aliphatic rings. The maximum Gasteiger partial charge on any atom is 0.248 e. The topological polar surface area (TPSA) is 45.1 Å². The summed E-state index contributed by atoms with van der Waals surface area (Å²) in [4.78, 5) is 14.9. The number of benzene rings is 2. The molecular weight excluding hydrogens is 369 g/mol. The molecule has 0 aromatic heterocycles. The quantitative estimate of drug-likeness (QED) is 0.772. The van der Waals surface area contributed by atoms with E-state index in [1.54, 1.807) is 0 Å². The van der Waals surface area contributed by atoms with Gasteiger partial charge in [0.25, 0.3) is 0 Å². The summed E-state index contributed by atoms with van der Waals surface area (Å²) in [6.45, 7) is 2.64. The number of amides is 1. The van der Waals surface area contributed by atoms with Gasteiger partial charge in [0.1, 0.15) is 18.2 Å². The third-order valence-corrected chi connectivity index (χ3v) is 5.80. The van der Waals surface area contributed by atoms with Gasteiger partial charge in [0.05, 0.1) is 11.4 Å². The van der Waals surface area contributed by atoms with Crippen LogP contribution in [0.4, 0.5) is 10.1 Å². The molecule has 0 spiro atoms. The van der Waals surface area contributed by atoms with Gasteiger partial charge in [-0.1, -0.05) is 12.1 Å². The first-order valence-electron chi connectivity index (χ1n) is 10.0. The van der Waals surface area contributed by atoms with Gasteiger partial charge in [-0.05, 0) is 63.7 Å². The van der Waals surface area contributed by atoms with Crippen LogP contribution < -0.4 is 9.75 Å². The smallest absolute Gasteiger partial charge is 0.248 e. The van der Waals surface area contributed by atoms with Gasteiger partial charge in [-0.3, -0.25) is 4.79 Å². The molecule has 29 heavy (non-hydrogen) atoms. The zero-order valence-corrected chi connectivity index (χ0v) is 17.1. The van der Waals surface area contributed by atoms with Crippen molar-refractivity contribution in [3.8, 4) is 5.75 Å². The Labute approximate surface area is 170 Å². The summed E-state index contributed by atoms with van der Waals surface area (Å²) >= 11 is 0. The summed E-state index contributed by atoms with van der Waals surface area (Å²) in [6.07, 6.45) is 2.10. The van der Waals surface area contributed by atoms with Crippen molar-refractivity contribution < 1.29 is 13.9 Å². The maximum absolute atomic E-state index is 13.9. The van der Waals surface area contributed by atoms with Crippen LogP contribution in [0.5, 0.6) is 5.75 Å². The molecule has 5 nitrogen and oxygen atoms in total. The largest absolute Gasteiger partial charge is 0.492 e. The van der Waals surface area contributed by atoms with E-state index in [1.165, 1.54) is 17.1 Å². The lowest BCUT2D eigenvalue weighted by Gasteiger charge is -2.33. The van der Waals surface area contributed by atoms with Crippen molar-refractivity contribution in [1.29, 1.82) is 0 Å². The molecule has 2 aromatic rings. The highest BCUT2D eigenvalue weighted by Crippen LogP contribution is 2.34. The number of carbonyl (C=O) groups excluding carboxylic acids is 1. The van der Waals surface area contributed by atoms with Crippen molar-refractivity contribution in [1.82, 2.24) is 4.90 Å². The Balaban J connectivity index is 1.63. The van der Waals surface area contributed by atoms with Crippen LogP contribution in [0.1, 0.15) is 30.9 Å². The highest BCUT2D eigenvalue weighted by Gasteiger charge is 2.34. The lowest BCUT2D eigenvalue weighted by atomic mass is 9.79. The van der Waals surface area contributed by atoms with Crippen molar-refractivity contribution in [2.75, 3.05) is 25.7 Å². The fourth-order valence-corrected chi connectivity index (χ4v) is 3.76. The number of likely N-dealkylation sites (N-methyl/N-ethyl adjacent to an activating group) is 1. The summed E-state index contributed by atoms with van der Waals surface area (Å²) in [5.41, 5.74) is 3.38.